The lowest BCUT2D eigenvalue weighted by Gasteiger charge is -2.17. The molecule has 0 spiro atoms. The highest BCUT2D eigenvalue weighted by atomic mass is 32.1. The largest absolute Gasteiger partial charge is 0.395 e. The van der Waals surface area contributed by atoms with Gasteiger partial charge < -0.3 is 10.0 Å². The topological polar surface area (TPSA) is 71.2 Å². The van der Waals surface area contributed by atoms with E-state index in [1.807, 2.05) is 37.6 Å². The van der Waals surface area contributed by atoms with Gasteiger partial charge in [0.25, 0.3) is 5.91 Å². The standard InChI is InChI=1S/C16H18N4O2S/c1-10-14-11(16(22)19(2)6-7-21)9-12(13-5-4-8-23-13)17-15(14)20(3)18-10/h4-5,8-9,21H,6-7H2,1-3H3. The molecule has 0 atom stereocenters. The molecule has 0 fully saturated rings. The third-order valence-electron chi connectivity index (χ3n) is 3.75. The third-order valence-corrected chi connectivity index (χ3v) is 4.65. The predicted molar refractivity (Wildman–Crippen MR) is 90.6 cm³/mol. The van der Waals surface area contributed by atoms with Crippen molar-refractivity contribution in [3.8, 4) is 10.6 Å². The van der Waals surface area contributed by atoms with Gasteiger partial charge in [0.1, 0.15) is 0 Å². The third kappa shape index (κ3) is 2.73. The lowest BCUT2D eigenvalue weighted by Crippen LogP contribution is -2.29. The summed E-state index contributed by atoms with van der Waals surface area (Å²) in [6.45, 7) is 2.09. The molecule has 1 amide bonds. The highest BCUT2D eigenvalue weighted by molar-refractivity contribution is 7.13. The molecule has 6 nitrogen and oxygen atoms in total. The molecule has 0 saturated carbocycles. The van der Waals surface area contributed by atoms with Crippen molar-refractivity contribution in [1.82, 2.24) is 19.7 Å². The van der Waals surface area contributed by atoms with Gasteiger partial charge in [0.05, 0.1) is 33.8 Å². The number of rotatable bonds is 4. The van der Waals surface area contributed by atoms with Crippen LogP contribution in [0.25, 0.3) is 21.6 Å². The van der Waals surface area contributed by atoms with E-state index < -0.39 is 0 Å². The number of aliphatic hydroxyl groups is 1. The lowest BCUT2D eigenvalue weighted by molar-refractivity contribution is 0.0769. The predicted octanol–water partition coefficient (Wildman–Crippen LogP) is 2.07. The van der Waals surface area contributed by atoms with Crippen molar-refractivity contribution < 1.29 is 9.90 Å². The average molecular weight is 330 g/mol. The van der Waals surface area contributed by atoms with Gasteiger partial charge >= 0.3 is 0 Å². The summed E-state index contributed by atoms with van der Waals surface area (Å²) in [5.74, 6) is -0.139. The van der Waals surface area contributed by atoms with Crippen LogP contribution in [-0.2, 0) is 7.05 Å². The summed E-state index contributed by atoms with van der Waals surface area (Å²) in [5, 5.41) is 16.2. The zero-order valence-electron chi connectivity index (χ0n) is 13.3. The monoisotopic (exact) mass is 330 g/mol. The quantitative estimate of drug-likeness (QED) is 0.795. The minimum Gasteiger partial charge on any atom is -0.395 e. The number of fused-ring (bicyclic) bond motifs is 1. The number of pyridine rings is 1. The van der Waals surface area contributed by atoms with Crippen LogP contribution in [0.1, 0.15) is 16.1 Å². The van der Waals surface area contributed by atoms with Crippen molar-refractivity contribution in [3.63, 3.8) is 0 Å². The summed E-state index contributed by atoms with van der Waals surface area (Å²) in [7, 11) is 3.51. The van der Waals surface area contributed by atoms with E-state index in [1.54, 1.807) is 23.1 Å². The maximum absolute atomic E-state index is 12.8. The summed E-state index contributed by atoms with van der Waals surface area (Å²) in [5.41, 5.74) is 2.79. The molecule has 3 heterocycles. The molecule has 3 rings (SSSR count). The fourth-order valence-corrected chi connectivity index (χ4v) is 3.31. The van der Waals surface area contributed by atoms with Gasteiger partial charge in [-0.25, -0.2) is 4.98 Å². The summed E-state index contributed by atoms with van der Waals surface area (Å²) < 4.78 is 1.70. The molecular formula is C16H18N4O2S. The number of carbonyl (C=O) groups excluding carboxylic acids is 1. The number of thiophene rings is 1. The highest BCUT2D eigenvalue weighted by Gasteiger charge is 2.21. The van der Waals surface area contributed by atoms with Crippen molar-refractivity contribution in [2.75, 3.05) is 20.2 Å². The molecule has 0 aromatic carbocycles. The zero-order valence-corrected chi connectivity index (χ0v) is 14.1. The van der Waals surface area contributed by atoms with E-state index in [9.17, 15) is 4.79 Å². The molecule has 0 aliphatic carbocycles. The molecular weight excluding hydrogens is 312 g/mol. The fourth-order valence-electron chi connectivity index (χ4n) is 2.62. The Balaban J connectivity index is 2.23. The van der Waals surface area contributed by atoms with Crippen molar-refractivity contribution in [1.29, 1.82) is 0 Å². The van der Waals surface area contributed by atoms with Crippen LogP contribution in [0, 0.1) is 6.92 Å². The first kappa shape index (κ1) is 15.6. The normalized spacial score (nSPS) is 11.1. The van der Waals surface area contributed by atoms with E-state index >= 15 is 0 Å². The van der Waals surface area contributed by atoms with E-state index in [4.69, 9.17) is 5.11 Å². The first-order valence-corrected chi connectivity index (χ1v) is 8.15. The Morgan fingerprint density at radius 1 is 1.48 bits per heavy atom. The molecule has 0 aliphatic heterocycles. The number of hydrogen-bond acceptors (Lipinski definition) is 5. The van der Waals surface area contributed by atoms with Crippen molar-refractivity contribution in [3.05, 3.63) is 34.8 Å². The molecule has 7 heteroatoms. The van der Waals surface area contributed by atoms with Crippen LogP contribution in [0.15, 0.2) is 23.6 Å². The van der Waals surface area contributed by atoms with E-state index in [1.165, 1.54) is 4.90 Å². The van der Waals surface area contributed by atoms with Crippen molar-refractivity contribution in [2.45, 2.75) is 6.92 Å². The summed E-state index contributed by atoms with van der Waals surface area (Å²) in [6.07, 6.45) is 0. The molecule has 0 saturated heterocycles. The average Bonchev–Trinajstić information content (AvgIpc) is 3.15. The molecule has 120 valence electrons. The number of hydrogen-bond donors (Lipinski definition) is 1. The van der Waals surface area contributed by atoms with Crippen LogP contribution in [0.4, 0.5) is 0 Å². The van der Waals surface area contributed by atoms with Crippen molar-refractivity contribution >= 4 is 28.3 Å². The molecule has 0 radical (unpaired) electrons. The first-order chi connectivity index (χ1) is 11.0. The molecule has 3 aromatic rings. The van der Waals surface area contributed by atoms with E-state index in [0.29, 0.717) is 11.2 Å². The Morgan fingerprint density at radius 3 is 2.91 bits per heavy atom. The Labute approximate surface area is 138 Å². The maximum atomic E-state index is 12.8. The van der Waals surface area contributed by atoms with Crippen LogP contribution < -0.4 is 0 Å². The Kier molecular flexibility index (Phi) is 4.14. The van der Waals surface area contributed by atoms with Crippen LogP contribution in [0.3, 0.4) is 0 Å². The smallest absolute Gasteiger partial charge is 0.254 e. The molecule has 3 aromatic heterocycles. The highest BCUT2D eigenvalue weighted by Crippen LogP contribution is 2.29. The minimum absolute atomic E-state index is 0.0692. The number of likely N-dealkylation sites (N-methyl/N-ethyl adjacent to an activating group) is 1. The van der Waals surface area contributed by atoms with E-state index in [-0.39, 0.29) is 19.1 Å². The van der Waals surface area contributed by atoms with Gasteiger partial charge in [-0.3, -0.25) is 9.48 Å². The minimum atomic E-state index is -0.139. The van der Waals surface area contributed by atoms with Gasteiger partial charge in [0.2, 0.25) is 0 Å². The number of carbonyl (C=O) groups is 1. The molecule has 0 bridgehead atoms. The van der Waals surface area contributed by atoms with Gasteiger partial charge in [-0.1, -0.05) is 6.07 Å². The van der Waals surface area contributed by atoms with Gasteiger partial charge in [-0.15, -0.1) is 11.3 Å². The number of aromatic nitrogens is 3. The van der Waals surface area contributed by atoms with Gasteiger partial charge in [0.15, 0.2) is 5.65 Å². The van der Waals surface area contributed by atoms with Crippen LogP contribution in [-0.4, -0.2) is 50.9 Å². The van der Waals surface area contributed by atoms with Gasteiger partial charge in [0, 0.05) is 20.6 Å². The zero-order chi connectivity index (χ0) is 16.6. The van der Waals surface area contributed by atoms with Crippen LogP contribution >= 0.6 is 11.3 Å². The van der Waals surface area contributed by atoms with Crippen LogP contribution in [0.2, 0.25) is 0 Å². The second-order valence-electron chi connectivity index (χ2n) is 5.39. The lowest BCUT2D eigenvalue weighted by atomic mass is 10.1. The second kappa shape index (κ2) is 6.10. The fraction of sp³-hybridized carbons (Fsp3) is 0.312. The van der Waals surface area contributed by atoms with Crippen molar-refractivity contribution in [2.24, 2.45) is 7.05 Å². The molecule has 1 N–H and O–H groups in total. The maximum Gasteiger partial charge on any atom is 0.254 e. The second-order valence-corrected chi connectivity index (χ2v) is 6.34. The Bertz CT molecular complexity index is 855. The Hall–Kier alpha value is -2.25. The van der Waals surface area contributed by atoms with E-state index in [0.717, 1.165) is 21.7 Å². The number of amides is 1. The first-order valence-electron chi connectivity index (χ1n) is 7.27. The van der Waals surface area contributed by atoms with Gasteiger partial charge in [-0.05, 0) is 24.4 Å². The number of aliphatic hydroxyl groups excluding tert-OH is 1. The van der Waals surface area contributed by atoms with Gasteiger partial charge in [-0.2, -0.15) is 5.10 Å². The SMILES string of the molecule is Cc1nn(C)c2nc(-c3cccs3)cc(C(=O)N(C)CCO)c12. The summed E-state index contributed by atoms with van der Waals surface area (Å²) in [6, 6.07) is 5.76. The van der Waals surface area contributed by atoms with Crippen LogP contribution in [0.5, 0.6) is 0 Å². The molecule has 0 aliphatic rings. The molecule has 23 heavy (non-hydrogen) atoms. The Morgan fingerprint density at radius 2 is 2.26 bits per heavy atom. The summed E-state index contributed by atoms with van der Waals surface area (Å²) >= 11 is 1.58. The van der Waals surface area contributed by atoms with E-state index in [2.05, 4.69) is 10.1 Å². The number of aryl methyl sites for hydroxylation is 2. The molecule has 0 unspecified atom stereocenters. The number of nitrogens with zero attached hydrogens (tertiary/aromatic N) is 4. The summed E-state index contributed by atoms with van der Waals surface area (Å²) in [4.78, 5) is 20.0.